The van der Waals surface area contributed by atoms with Crippen molar-refractivity contribution in [1.29, 1.82) is 0 Å². The van der Waals surface area contributed by atoms with Crippen LogP contribution in [0, 0.1) is 5.92 Å². The fourth-order valence-corrected chi connectivity index (χ4v) is 2.77. The second kappa shape index (κ2) is 5.64. The van der Waals surface area contributed by atoms with E-state index in [0.717, 1.165) is 10.3 Å². The zero-order valence-corrected chi connectivity index (χ0v) is 10.9. The molecular formula is C12H18BrN3. The molecule has 1 aromatic rings. The summed E-state index contributed by atoms with van der Waals surface area (Å²) in [6.45, 7) is 0.674. The van der Waals surface area contributed by atoms with Gasteiger partial charge in [0.05, 0.1) is 4.47 Å². The smallest absolute Gasteiger partial charge is 0.140 e. The Hall–Kier alpha value is -0.610. The number of nitrogens with zero attached hydrogens (tertiary/aromatic N) is 1. The molecule has 1 aromatic heterocycles. The second-order valence-electron chi connectivity index (χ2n) is 4.36. The van der Waals surface area contributed by atoms with Gasteiger partial charge in [-0.3, -0.25) is 0 Å². The van der Waals surface area contributed by atoms with Crippen molar-refractivity contribution in [2.24, 2.45) is 11.7 Å². The maximum atomic E-state index is 5.84. The van der Waals surface area contributed by atoms with Crippen LogP contribution in [0.4, 0.5) is 5.82 Å². The summed E-state index contributed by atoms with van der Waals surface area (Å²) in [5.41, 5.74) is 5.84. The summed E-state index contributed by atoms with van der Waals surface area (Å²) in [5.74, 6) is 1.61. The van der Waals surface area contributed by atoms with Crippen molar-refractivity contribution in [2.75, 3.05) is 11.9 Å². The van der Waals surface area contributed by atoms with Crippen LogP contribution in [-0.2, 0) is 0 Å². The number of nitrogens with two attached hydrogens (primary N) is 1. The van der Waals surface area contributed by atoms with Crippen molar-refractivity contribution in [1.82, 2.24) is 4.98 Å². The Morgan fingerprint density at radius 3 is 2.88 bits per heavy atom. The van der Waals surface area contributed by atoms with Crippen molar-refractivity contribution < 1.29 is 0 Å². The highest BCUT2D eigenvalue weighted by Crippen LogP contribution is 2.30. The van der Waals surface area contributed by atoms with E-state index in [-0.39, 0.29) is 0 Å². The van der Waals surface area contributed by atoms with Gasteiger partial charge < -0.3 is 11.1 Å². The number of anilines is 1. The van der Waals surface area contributed by atoms with E-state index in [0.29, 0.717) is 18.5 Å². The first-order chi connectivity index (χ1) is 7.81. The molecule has 0 bridgehead atoms. The Kier molecular flexibility index (Phi) is 4.18. The van der Waals surface area contributed by atoms with Gasteiger partial charge in [-0.2, -0.15) is 0 Å². The molecule has 1 heterocycles. The third kappa shape index (κ3) is 2.74. The predicted molar refractivity (Wildman–Crippen MR) is 70.4 cm³/mol. The van der Waals surface area contributed by atoms with Crippen LogP contribution < -0.4 is 11.1 Å². The minimum Gasteiger partial charge on any atom is -0.365 e. The maximum Gasteiger partial charge on any atom is 0.140 e. The van der Waals surface area contributed by atoms with Gasteiger partial charge in [0.15, 0.2) is 0 Å². The highest BCUT2D eigenvalue weighted by atomic mass is 79.9. The molecule has 1 aliphatic carbocycles. The van der Waals surface area contributed by atoms with Gasteiger partial charge in [-0.15, -0.1) is 0 Å². The molecule has 88 valence electrons. The molecule has 0 aliphatic heterocycles. The van der Waals surface area contributed by atoms with E-state index in [2.05, 4.69) is 26.2 Å². The summed E-state index contributed by atoms with van der Waals surface area (Å²) in [7, 11) is 0. The Balaban J connectivity index is 2.03. The van der Waals surface area contributed by atoms with E-state index in [1.807, 2.05) is 12.1 Å². The molecular weight excluding hydrogens is 266 g/mol. The largest absolute Gasteiger partial charge is 0.365 e. The van der Waals surface area contributed by atoms with Crippen molar-refractivity contribution in [3.05, 3.63) is 22.8 Å². The topological polar surface area (TPSA) is 50.9 Å². The number of halogens is 1. The molecule has 2 rings (SSSR count). The van der Waals surface area contributed by atoms with Crippen LogP contribution >= 0.6 is 15.9 Å². The van der Waals surface area contributed by atoms with Crippen molar-refractivity contribution in [3.63, 3.8) is 0 Å². The number of aromatic nitrogens is 1. The molecule has 3 nitrogen and oxygen atoms in total. The van der Waals surface area contributed by atoms with Crippen LogP contribution in [0.2, 0.25) is 0 Å². The monoisotopic (exact) mass is 283 g/mol. The van der Waals surface area contributed by atoms with E-state index < -0.39 is 0 Å². The lowest BCUT2D eigenvalue weighted by Gasteiger charge is -2.24. The van der Waals surface area contributed by atoms with Crippen LogP contribution in [0.5, 0.6) is 0 Å². The van der Waals surface area contributed by atoms with Crippen LogP contribution in [0.15, 0.2) is 22.8 Å². The number of hydrogen-bond acceptors (Lipinski definition) is 3. The molecule has 4 heteroatoms. The van der Waals surface area contributed by atoms with E-state index in [4.69, 9.17) is 5.73 Å². The Morgan fingerprint density at radius 2 is 2.25 bits per heavy atom. The standard InChI is InChI=1S/C12H18BrN3/c13-10-6-3-7-15-12(10)16-11(8-14)9-4-1-2-5-9/h3,6-7,9,11H,1-2,4-5,8,14H2,(H,15,16). The Labute approximate surface area is 105 Å². The molecule has 0 aromatic carbocycles. The molecule has 1 fully saturated rings. The molecule has 0 radical (unpaired) electrons. The normalized spacial score (nSPS) is 18.6. The van der Waals surface area contributed by atoms with Crippen LogP contribution in [-0.4, -0.2) is 17.6 Å². The lowest BCUT2D eigenvalue weighted by Crippen LogP contribution is -2.35. The predicted octanol–water partition coefficient (Wildman–Crippen LogP) is 2.77. The Morgan fingerprint density at radius 1 is 1.50 bits per heavy atom. The quantitative estimate of drug-likeness (QED) is 0.894. The lowest BCUT2D eigenvalue weighted by atomic mass is 9.98. The molecule has 0 saturated heterocycles. The Bertz CT molecular complexity index is 337. The van der Waals surface area contributed by atoms with Gasteiger partial charge >= 0.3 is 0 Å². The second-order valence-corrected chi connectivity index (χ2v) is 5.22. The van der Waals surface area contributed by atoms with Gasteiger partial charge in [-0.05, 0) is 46.8 Å². The zero-order chi connectivity index (χ0) is 11.4. The van der Waals surface area contributed by atoms with E-state index >= 15 is 0 Å². The maximum absolute atomic E-state index is 5.84. The molecule has 1 aliphatic rings. The van der Waals surface area contributed by atoms with E-state index in [9.17, 15) is 0 Å². The van der Waals surface area contributed by atoms with Gasteiger partial charge in [-0.25, -0.2) is 4.98 Å². The van der Waals surface area contributed by atoms with Crippen LogP contribution in [0.25, 0.3) is 0 Å². The van der Waals surface area contributed by atoms with Gasteiger partial charge in [0.2, 0.25) is 0 Å². The summed E-state index contributed by atoms with van der Waals surface area (Å²) in [6, 6.07) is 4.27. The zero-order valence-electron chi connectivity index (χ0n) is 9.32. The minimum absolute atomic E-state index is 0.355. The summed E-state index contributed by atoms with van der Waals surface area (Å²) in [5, 5.41) is 3.46. The van der Waals surface area contributed by atoms with Gasteiger partial charge in [0, 0.05) is 18.8 Å². The highest BCUT2D eigenvalue weighted by Gasteiger charge is 2.24. The fourth-order valence-electron chi connectivity index (χ4n) is 2.40. The molecule has 0 spiro atoms. The van der Waals surface area contributed by atoms with Crippen LogP contribution in [0.3, 0.4) is 0 Å². The first-order valence-corrected chi connectivity index (χ1v) is 6.67. The average Bonchev–Trinajstić information content (AvgIpc) is 2.81. The van der Waals surface area contributed by atoms with E-state index in [1.54, 1.807) is 6.20 Å². The lowest BCUT2D eigenvalue weighted by molar-refractivity contribution is 0.461. The van der Waals surface area contributed by atoms with Crippen molar-refractivity contribution in [3.8, 4) is 0 Å². The number of hydrogen-bond donors (Lipinski definition) is 2. The summed E-state index contributed by atoms with van der Waals surface area (Å²) in [6.07, 6.45) is 7.06. The fraction of sp³-hybridized carbons (Fsp3) is 0.583. The third-order valence-electron chi connectivity index (χ3n) is 3.30. The average molecular weight is 284 g/mol. The van der Waals surface area contributed by atoms with Crippen molar-refractivity contribution >= 4 is 21.7 Å². The summed E-state index contributed by atoms with van der Waals surface area (Å²) in [4.78, 5) is 4.32. The molecule has 3 N–H and O–H groups in total. The number of rotatable bonds is 4. The molecule has 1 atom stereocenters. The third-order valence-corrected chi connectivity index (χ3v) is 3.94. The molecule has 1 saturated carbocycles. The minimum atomic E-state index is 0.355. The van der Waals surface area contributed by atoms with Gasteiger partial charge in [0.25, 0.3) is 0 Å². The first kappa shape index (κ1) is 11.9. The first-order valence-electron chi connectivity index (χ1n) is 5.88. The summed E-state index contributed by atoms with van der Waals surface area (Å²) < 4.78 is 1.01. The highest BCUT2D eigenvalue weighted by molar-refractivity contribution is 9.10. The number of pyridine rings is 1. The summed E-state index contributed by atoms with van der Waals surface area (Å²) >= 11 is 3.50. The van der Waals surface area contributed by atoms with Gasteiger partial charge in [0.1, 0.15) is 5.82 Å². The van der Waals surface area contributed by atoms with Crippen LogP contribution in [0.1, 0.15) is 25.7 Å². The van der Waals surface area contributed by atoms with E-state index in [1.165, 1.54) is 25.7 Å². The van der Waals surface area contributed by atoms with Crippen molar-refractivity contribution in [2.45, 2.75) is 31.7 Å². The molecule has 1 unspecified atom stereocenters. The molecule has 0 amide bonds. The van der Waals surface area contributed by atoms with Gasteiger partial charge in [-0.1, -0.05) is 12.8 Å². The number of nitrogens with one attached hydrogen (secondary N) is 1. The molecule has 16 heavy (non-hydrogen) atoms. The SMILES string of the molecule is NCC(Nc1ncccc1Br)C1CCCC1.